The first-order chi connectivity index (χ1) is 10.2. The lowest BCUT2D eigenvalue weighted by Crippen LogP contribution is -2.34. The summed E-state index contributed by atoms with van der Waals surface area (Å²) in [6, 6.07) is 8.40. The molecule has 1 unspecified atom stereocenters. The molecule has 0 bridgehead atoms. The van der Waals surface area contributed by atoms with Gasteiger partial charge < -0.3 is 5.32 Å². The molecule has 1 heterocycles. The van der Waals surface area contributed by atoms with Gasteiger partial charge >= 0.3 is 0 Å². The smallest absolute Gasteiger partial charge is 0.138 e. The molecule has 1 N–H and O–H groups in total. The quantitative estimate of drug-likeness (QED) is 0.815. The Balaban J connectivity index is 2.06. The van der Waals surface area contributed by atoms with Gasteiger partial charge in [0.15, 0.2) is 0 Å². The molecule has 1 aromatic heterocycles. The van der Waals surface area contributed by atoms with Crippen LogP contribution in [0.2, 0.25) is 5.02 Å². The molecular weight excluding hydrogens is 284 g/mol. The minimum Gasteiger partial charge on any atom is -0.313 e. The monoisotopic (exact) mass is 306 g/mol. The number of aromatic nitrogens is 3. The summed E-state index contributed by atoms with van der Waals surface area (Å²) < 4.78 is 2.00. The minimum absolute atomic E-state index is 0.341. The molecule has 2 rings (SSSR count). The summed E-state index contributed by atoms with van der Waals surface area (Å²) >= 11 is 6.07. The standard InChI is InChI=1S/C16H23ClN4/c1-3-8-21-16(19-12-20-21)11-15(18-4-2)10-13-6-5-7-14(17)9-13/h5-7,9,12,15,18H,3-4,8,10-11H2,1-2H3. The molecule has 21 heavy (non-hydrogen) atoms. The van der Waals surface area contributed by atoms with Crippen molar-refractivity contribution in [2.24, 2.45) is 0 Å². The van der Waals surface area contributed by atoms with E-state index in [-0.39, 0.29) is 0 Å². The highest BCUT2D eigenvalue weighted by atomic mass is 35.5. The van der Waals surface area contributed by atoms with Crippen molar-refractivity contribution >= 4 is 11.6 Å². The number of nitrogens with one attached hydrogen (secondary N) is 1. The van der Waals surface area contributed by atoms with Crippen molar-refractivity contribution in [3.8, 4) is 0 Å². The number of aryl methyl sites for hydroxylation is 1. The normalized spacial score (nSPS) is 12.5. The summed E-state index contributed by atoms with van der Waals surface area (Å²) in [7, 11) is 0. The van der Waals surface area contributed by atoms with Crippen LogP contribution in [0.4, 0.5) is 0 Å². The van der Waals surface area contributed by atoms with E-state index in [4.69, 9.17) is 11.6 Å². The van der Waals surface area contributed by atoms with Crippen molar-refractivity contribution in [2.75, 3.05) is 6.54 Å². The van der Waals surface area contributed by atoms with Crippen LogP contribution in [-0.2, 0) is 19.4 Å². The van der Waals surface area contributed by atoms with E-state index >= 15 is 0 Å². The van der Waals surface area contributed by atoms with Crippen molar-refractivity contribution in [3.63, 3.8) is 0 Å². The maximum Gasteiger partial charge on any atom is 0.138 e. The van der Waals surface area contributed by atoms with Crippen molar-refractivity contribution < 1.29 is 0 Å². The third kappa shape index (κ3) is 4.83. The molecule has 0 fully saturated rings. The van der Waals surface area contributed by atoms with Crippen LogP contribution >= 0.6 is 11.6 Å². The van der Waals surface area contributed by atoms with Crippen LogP contribution < -0.4 is 5.32 Å². The Morgan fingerprint density at radius 3 is 2.86 bits per heavy atom. The first-order valence-corrected chi connectivity index (χ1v) is 7.95. The van der Waals surface area contributed by atoms with Crippen LogP contribution in [0.15, 0.2) is 30.6 Å². The van der Waals surface area contributed by atoms with Gasteiger partial charge in [-0.2, -0.15) is 5.10 Å². The van der Waals surface area contributed by atoms with Gasteiger partial charge in [0.05, 0.1) is 0 Å². The van der Waals surface area contributed by atoms with E-state index in [2.05, 4.69) is 35.3 Å². The predicted molar refractivity (Wildman–Crippen MR) is 86.6 cm³/mol. The van der Waals surface area contributed by atoms with Crippen LogP contribution in [0, 0.1) is 0 Å². The van der Waals surface area contributed by atoms with E-state index in [0.717, 1.165) is 43.2 Å². The summed E-state index contributed by atoms with van der Waals surface area (Å²) in [6.07, 6.45) is 4.53. The molecule has 114 valence electrons. The molecule has 0 saturated heterocycles. The maximum atomic E-state index is 6.07. The van der Waals surface area contributed by atoms with Crippen LogP contribution in [0.5, 0.6) is 0 Å². The van der Waals surface area contributed by atoms with Crippen molar-refractivity contribution in [1.82, 2.24) is 20.1 Å². The fourth-order valence-corrected chi connectivity index (χ4v) is 2.73. The lowest BCUT2D eigenvalue weighted by Gasteiger charge is -2.18. The first-order valence-electron chi connectivity index (χ1n) is 7.57. The average molecular weight is 307 g/mol. The number of halogens is 1. The van der Waals surface area contributed by atoms with Crippen molar-refractivity contribution in [1.29, 1.82) is 0 Å². The summed E-state index contributed by atoms with van der Waals surface area (Å²) in [5.74, 6) is 1.05. The third-order valence-corrected chi connectivity index (χ3v) is 3.66. The Labute approximate surface area is 131 Å². The highest BCUT2D eigenvalue weighted by Crippen LogP contribution is 2.14. The first kappa shape index (κ1) is 16.0. The van der Waals surface area contributed by atoms with Gasteiger partial charge in [-0.05, 0) is 37.1 Å². The Morgan fingerprint density at radius 1 is 1.29 bits per heavy atom. The fourth-order valence-electron chi connectivity index (χ4n) is 2.52. The highest BCUT2D eigenvalue weighted by Gasteiger charge is 2.14. The maximum absolute atomic E-state index is 6.07. The Bertz CT molecular complexity index is 553. The zero-order valence-electron chi connectivity index (χ0n) is 12.7. The molecular formula is C16H23ClN4. The molecule has 0 aliphatic heterocycles. The number of rotatable bonds is 8. The minimum atomic E-state index is 0.341. The molecule has 0 amide bonds. The van der Waals surface area contributed by atoms with Gasteiger partial charge in [-0.15, -0.1) is 0 Å². The Kier molecular flexibility index (Phi) is 6.21. The van der Waals surface area contributed by atoms with E-state index in [9.17, 15) is 0 Å². The summed E-state index contributed by atoms with van der Waals surface area (Å²) in [4.78, 5) is 4.40. The molecule has 0 radical (unpaired) electrons. The summed E-state index contributed by atoms with van der Waals surface area (Å²) in [5, 5.41) is 8.62. The molecule has 1 atom stereocenters. The topological polar surface area (TPSA) is 42.7 Å². The number of benzene rings is 1. The number of nitrogens with zero attached hydrogens (tertiary/aromatic N) is 3. The van der Waals surface area contributed by atoms with Gasteiger partial charge in [-0.25, -0.2) is 4.98 Å². The molecule has 5 heteroatoms. The number of likely N-dealkylation sites (N-methyl/N-ethyl adjacent to an activating group) is 1. The van der Waals surface area contributed by atoms with Gasteiger partial charge in [-0.3, -0.25) is 4.68 Å². The van der Waals surface area contributed by atoms with E-state index in [1.165, 1.54) is 5.56 Å². The van der Waals surface area contributed by atoms with Gasteiger partial charge in [-0.1, -0.05) is 37.6 Å². The second-order valence-electron chi connectivity index (χ2n) is 5.19. The van der Waals surface area contributed by atoms with E-state index in [1.54, 1.807) is 6.33 Å². The lowest BCUT2D eigenvalue weighted by molar-refractivity contribution is 0.482. The Morgan fingerprint density at radius 2 is 2.14 bits per heavy atom. The van der Waals surface area contributed by atoms with Gasteiger partial charge in [0, 0.05) is 24.0 Å². The Hall–Kier alpha value is -1.39. The molecule has 2 aromatic rings. The molecule has 4 nitrogen and oxygen atoms in total. The van der Waals surface area contributed by atoms with Crippen LogP contribution in [-0.4, -0.2) is 27.4 Å². The van der Waals surface area contributed by atoms with Gasteiger partial charge in [0.1, 0.15) is 12.2 Å². The molecule has 0 spiro atoms. The summed E-state index contributed by atoms with van der Waals surface area (Å²) in [6.45, 7) is 6.14. The fraction of sp³-hybridized carbons (Fsp3) is 0.500. The van der Waals surface area contributed by atoms with Crippen LogP contribution in [0.1, 0.15) is 31.7 Å². The van der Waals surface area contributed by atoms with Crippen LogP contribution in [0.25, 0.3) is 0 Å². The lowest BCUT2D eigenvalue weighted by atomic mass is 10.0. The second kappa shape index (κ2) is 8.15. The molecule has 0 aliphatic rings. The van der Waals surface area contributed by atoms with E-state index in [1.807, 2.05) is 22.9 Å². The zero-order valence-corrected chi connectivity index (χ0v) is 13.5. The molecule has 1 aromatic carbocycles. The van der Waals surface area contributed by atoms with Gasteiger partial charge in [0.25, 0.3) is 0 Å². The predicted octanol–water partition coefficient (Wildman–Crippen LogP) is 3.10. The largest absolute Gasteiger partial charge is 0.313 e. The SMILES string of the molecule is CCCn1ncnc1CC(Cc1cccc(Cl)c1)NCC. The zero-order chi connectivity index (χ0) is 15.1. The van der Waals surface area contributed by atoms with E-state index in [0.29, 0.717) is 6.04 Å². The molecule has 0 aliphatic carbocycles. The van der Waals surface area contributed by atoms with Crippen molar-refractivity contribution in [2.45, 2.75) is 45.7 Å². The number of hydrogen-bond acceptors (Lipinski definition) is 3. The van der Waals surface area contributed by atoms with E-state index < -0.39 is 0 Å². The van der Waals surface area contributed by atoms with Crippen molar-refractivity contribution in [3.05, 3.63) is 47.0 Å². The second-order valence-corrected chi connectivity index (χ2v) is 5.63. The number of hydrogen-bond donors (Lipinski definition) is 1. The van der Waals surface area contributed by atoms with Crippen LogP contribution in [0.3, 0.4) is 0 Å². The summed E-state index contributed by atoms with van der Waals surface area (Å²) in [5.41, 5.74) is 1.25. The highest BCUT2D eigenvalue weighted by molar-refractivity contribution is 6.30. The third-order valence-electron chi connectivity index (χ3n) is 3.42. The average Bonchev–Trinajstić information content (AvgIpc) is 2.87. The van der Waals surface area contributed by atoms with Gasteiger partial charge in [0.2, 0.25) is 0 Å². The molecule has 0 saturated carbocycles.